The molecule has 0 spiro atoms. The van der Waals surface area contributed by atoms with E-state index < -0.39 is 16.1 Å². The summed E-state index contributed by atoms with van der Waals surface area (Å²) >= 11 is 0. The Labute approximate surface area is 89.6 Å². The van der Waals surface area contributed by atoms with Crippen LogP contribution in [0.1, 0.15) is 0 Å². The smallest absolute Gasteiger partial charge is 0.209 e. The predicted molar refractivity (Wildman–Crippen MR) is 55.1 cm³/mol. The maximum atomic E-state index is 10.9. The Morgan fingerprint density at radius 1 is 1.47 bits per heavy atom. The van der Waals surface area contributed by atoms with E-state index in [0.717, 1.165) is 19.3 Å². The molecule has 7 heteroatoms. The van der Waals surface area contributed by atoms with Gasteiger partial charge in [-0.3, -0.25) is 4.90 Å². The maximum absolute atomic E-state index is 10.9. The normalized spacial score (nSPS) is 21.1. The third-order valence-electron chi connectivity index (χ3n) is 2.09. The fraction of sp³-hybridized carbons (Fsp3) is 0.875. The van der Waals surface area contributed by atoms with Crippen LogP contribution in [0.5, 0.6) is 0 Å². The zero-order valence-corrected chi connectivity index (χ0v) is 9.50. The van der Waals surface area contributed by atoms with Crippen molar-refractivity contribution in [3.63, 3.8) is 0 Å². The molecule has 0 bridgehead atoms. The van der Waals surface area contributed by atoms with Gasteiger partial charge in [-0.2, -0.15) is 0 Å². The van der Waals surface area contributed by atoms with Gasteiger partial charge in [-0.15, -0.1) is 0 Å². The van der Waals surface area contributed by atoms with Gasteiger partial charge in [0.2, 0.25) is 10.0 Å². The number of carbonyl (C=O) groups excluding carboxylic acids is 1. The summed E-state index contributed by atoms with van der Waals surface area (Å²) in [7, 11) is -3.33. The van der Waals surface area contributed by atoms with Crippen LogP contribution in [-0.2, 0) is 19.6 Å². The first-order valence-corrected chi connectivity index (χ1v) is 6.63. The molecule has 1 rings (SSSR count). The lowest BCUT2D eigenvalue weighted by Crippen LogP contribution is -2.47. The quantitative estimate of drug-likeness (QED) is 0.584. The third kappa shape index (κ3) is 5.22. The van der Waals surface area contributed by atoms with Crippen LogP contribution in [-0.4, -0.2) is 64.7 Å². The summed E-state index contributed by atoms with van der Waals surface area (Å²) in [4.78, 5) is 12.7. The lowest BCUT2D eigenvalue weighted by molar-refractivity contribution is -0.109. The summed E-state index contributed by atoms with van der Waals surface area (Å²) < 4.78 is 29.3. The third-order valence-corrected chi connectivity index (χ3v) is 2.82. The monoisotopic (exact) mass is 236 g/mol. The van der Waals surface area contributed by atoms with Gasteiger partial charge in [-0.25, -0.2) is 13.1 Å². The summed E-state index contributed by atoms with van der Waals surface area (Å²) in [6.45, 7) is 3.13. The molecule has 0 aliphatic carbocycles. The Morgan fingerprint density at radius 3 is 2.53 bits per heavy atom. The SMILES string of the molecule is CS(=O)(=O)NC(C=O)CN1CCOCC1. The van der Waals surface area contributed by atoms with Gasteiger partial charge in [0.25, 0.3) is 0 Å². The number of nitrogens with one attached hydrogen (secondary N) is 1. The van der Waals surface area contributed by atoms with Crippen LogP contribution in [0.25, 0.3) is 0 Å². The number of hydrogen-bond donors (Lipinski definition) is 1. The standard InChI is InChI=1S/C8H16N2O4S/c1-15(12,13)9-8(7-11)6-10-2-4-14-5-3-10/h7-9H,2-6H2,1H3. The first kappa shape index (κ1) is 12.6. The van der Waals surface area contributed by atoms with Gasteiger partial charge in [-0.05, 0) is 0 Å². The van der Waals surface area contributed by atoms with Crippen molar-refractivity contribution in [1.82, 2.24) is 9.62 Å². The molecular formula is C8H16N2O4S. The van der Waals surface area contributed by atoms with E-state index in [1.807, 2.05) is 4.90 Å². The first-order valence-electron chi connectivity index (χ1n) is 4.74. The number of ether oxygens (including phenoxy) is 1. The topological polar surface area (TPSA) is 75.7 Å². The fourth-order valence-electron chi connectivity index (χ4n) is 1.44. The van der Waals surface area contributed by atoms with Gasteiger partial charge in [0.05, 0.1) is 25.5 Å². The molecule has 1 aliphatic heterocycles. The van der Waals surface area contributed by atoms with Gasteiger partial charge >= 0.3 is 0 Å². The van der Waals surface area contributed by atoms with Gasteiger partial charge in [0.15, 0.2) is 0 Å². The summed E-state index contributed by atoms with van der Waals surface area (Å²) in [6.07, 6.45) is 1.67. The number of morpholine rings is 1. The van der Waals surface area contributed by atoms with Gasteiger partial charge in [0.1, 0.15) is 6.29 Å². The molecule has 1 fully saturated rings. The molecule has 15 heavy (non-hydrogen) atoms. The summed E-state index contributed by atoms with van der Waals surface area (Å²) in [5.41, 5.74) is 0. The van der Waals surface area contributed by atoms with Crippen LogP contribution in [0.2, 0.25) is 0 Å². The predicted octanol–water partition coefficient (Wildman–Crippen LogP) is -1.56. The highest BCUT2D eigenvalue weighted by Gasteiger charge is 2.18. The summed E-state index contributed by atoms with van der Waals surface area (Å²) in [5, 5.41) is 0. The molecule has 1 saturated heterocycles. The molecule has 1 atom stereocenters. The van der Waals surface area contributed by atoms with Crippen molar-refractivity contribution < 1.29 is 17.9 Å². The van der Waals surface area contributed by atoms with Crippen LogP contribution in [0.3, 0.4) is 0 Å². The molecule has 88 valence electrons. The summed E-state index contributed by atoms with van der Waals surface area (Å²) in [5.74, 6) is 0. The Kier molecular flexibility index (Phi) is 4.65. The second kappa shape index (κ2) is 5.55. The van der Waals surface area contributed by atoms with Crippen LogP contribution >= 0.6 is 0 Å². The van der Waals surface area contributed by atoms with Crippen molar-refractivity contribution >= 4 is 16.3 Å². The van der Waals surface area contributed by atoms with Crippen LogP contribution < -0.4 is 4.72 Å². The highest BCUT2D eigenvalue weighted by molar-refractivity contribution is 7.88. The molecule has 0 amide bonds. The average Bonchev–Trinajstić information content (AvgIpc) is 2.16. The number of nitrogens with zero attached hydrogens (tertiary/aromatic N) is 1. The summed E-state index contributed by atoms with van der Waals surface area (Å²) in [6, 6.07) is -0.668. The minimum atomic E-state index is -3.33. The lowest BCUT2D eigenvalue weighted by Gasteiger charge is -2.28. The molecular weight excluding hydrogens is 220 g/mol. The molecule has 1 heterocycles. The Morgan fingerprint density at radius 2 is 2.07 bits per heavy atom. The molecule has 0 saturated carbocycles. The average molecular weight is 236 g/mol. The zero-order valence-electron chi connectivity index (χ0n) is 8.68. The largest absolute Gasteiger partial charge is 0.379 e. The van der Waals surface area contributed by atoms with E-state index in [4.69, 9.17) is 4.74 Å². The molecule has 1 unspecified atom stereocenters. The van der Waals surface area contributed by atoms with Crippen molar-refractivity contribution in [2.45, 2.75) is 6.04 Å². The zero-order chi connectivity index (χ0) is 11.3. The van der Waals surface area contributed by atoms with Gasteiger partial charge < -0.3 is 9.53 Å². The molecule has 0 aromatic carbocycles. The van der Waals surface area contributed by atoms with Gasteiger partial charge in [-0.1, -0.05) is 0 Å². The van der Waals surface area contributed by atoms with E-state index in [0.29, 0.717) is 26.0 Å². The van der Waals surface area contributed by atoms with E-state index in [2.05, 4.69) is 4.72 Å². The minimum Gasteiger partial charge on any atom is -0.379 e. The first-order chi connectivity index (χ1) is 7.01. The molecule has 0 aromatic rings. The molecule has 0 radical (unpaired) electrons. The van der Waals surface area contributed by atoms with Crippen molar-refractivity contribution in [2.24, 2.45) is 0 Å². The fourth-order valence-corrected chi connectivity index (χ4v) is 2.12. The number of hydrogen-bond acceptors (Lipinski definition) is 5. The van der Waals surface area contributed by atoms with Crippen molar-refractivity contribution in [2.75, 3.05) is 39.1 Å². The van der Waals surface area contributed by atoms with E-state index in [1.165, 1.54) is 0 Å². The van der Waals surface area contributed by atoms with E-state index >= 15 is 0 Å². The van der Waals surface area contributed by atoms with Crippen molar-refractivity contribution in [3.8, 4) is 0 Å². The van der Waals surface area contributed by atoms with Crippen molar-refractivity contribution in [1.29, 1.82) is 0 Å². The number of carbonyl (C=O) groups is 1. The second-order valence-electron chi connectivity index (χ2n) is 3.55. The Hall–Kier alpha value is -0.500. The van der Waals surface area contributed by atoms with Crippen LogP contribution in [0.4, 0.5) is 0 Å². The molecule has 1 aliphatic rings. The van der Waals surface area contributed by atoms with E-state index in [9.17, 15) is 13.2 Å². The highest BCUT2D eigenvalue weighted by atomic mass is 32.2. The van der Waals surface area contributed by atoms with Gasteiger partial charge in [0, 0.05) is 19.6 Å². The highest BCUT2D eigenvalue weighted by Crippen LogP contribution is 1.98. The molecule has 6 nitrogen and oxygen atoms in total. The number of aldehydes is 1. The number of sulfonamides is 1. The minimum absolute atomic E-state index is 0.403. The van der Waals surface area contributed by atoms with Crippen LogP contribution in [0.15, 0.2) is 0 Å². The molecule has 1 N–H and O–H groups in total. The van der Waals surface area contributed by atoms with Crippen molar-refractivity contribution in [3.05, 3.63) is 0 Å². The lowest BCUT2D eigenvalue weighted by atomic mass is 10.3. The van der Waals surface area contributed by atoms with Crippen LogP contribution in [0, 0.1) is 0 Å². The number of rotatable bonds is 5. The maximum Gasteiger partial charge on any atom is 0.209 e. The van der Waals surface area contributed by atoms with E-state index in [1.54, 1.807) is 0 Å². The second-order valence-corrected chi connectivity index (χ2v) is 5.33. The Bertz CT molecular complexity index is 298. The van der Waals surface area contributed by atoms with E-state index in [-0.39, 0.29) is 0 Å². The Balaban J connectivity index is 2.42. The molecule has 0 aromatic heterocycles.